The van der Waals surface area contributed by atoms with Crippen LogP contribution < -0.4 is 10.9 Å². The Labute approximate surface area is 145 Å². The molecule has 0 spiro atoms. The Morgan fingerprint density at radius 3 is 2.88 bits per heavy atom. The third kappa shape index (κ3) is 4.51. The van der Waals surface area contributed by atoms with Crippen LogP contribution in [0.25, 0.3) is 11.4 Å². The van der Waals surface area contributed by atoms with Crippen LogP contribution in [0.2, 0.25) is 0 Å². The number of aromatic nitrogens is 3. The van der Waals surface area contributed by atoms with E-state index in [0.717, 1.165) is 25.0 Å². The van der Waals surface area contributed by atoms with E-state index in [1.54, 1.807) is 31.5 Å². The van der Waals surface area contributed by atoms with Gasteiger partial charge in [0.05, 0.1) is 13.0 Å². The first-order valence-electron chi connectivity index (χ1n) is 8.48. The molecule has 1 aliphatic heterocycles. The number of ether oxygens (including phenoxy) is 1. The van der Waals surface area contributed by atoms with Gasteiger partial charge in [-0.15, -0.1) is 0 Å². The highest BCUT2D eigenvalue weighted by atomic mass is 16.5. The molecular formula is C18H22N4O3. The van der Waals surface area contributed by atoms with E-state index in [1.807, 2.05) is 0 Å². The fraction of sp³-hybridized carbons (Fsp3) is 0.444. The average Bonchev–Trinajstić information content (AvgIpc) is 2.64. The van der Waals surface area contributed by atoms with Crippen molar-refractivity contribution in [2.24, 2.45) is 5.92 Å². The molecule has 132 valence electrons. The lowest BCUT2D eigenvalue weighted by atomic mass is 10.0. The normalized spacial score (nSPS) is 17.2. The molecule has 1 saturated heterocycles. The Balaban J connectivity index is 1.66. The van der Waals surface area contributed by atoms with Gasteiger partial charge in [-0.25, -0.2) is 4.98 Å². The predicted octanol–water partition coefficient (Wildman–Crippen LogP) is 1.23. The van der Waals surface area contributed by atoms with Crippen LogP contribution in [0, 0.1) is 12.8 Å². The fourth-order valence-corrected chi connectivity index (χ4v) is 2.91. The molecule has 7 heteroatoms. The largest absolute Gasteiger partial charge is 0.381 e. The summed E-state index contributed by atoms with van der Waals surface area (Å²) in [4.78, 5) is 35.7. The highest BCUT2D eigenvalue weighted by Crippen LogP contribution is 2.14. The van der Waals surface area contributed by atoms with Crippen LogP contribution in [0.1, 0.15) is 24.1 Å². The zero-order valence-corrected chi connectivity index (χ0v) is 14.2. The fourth-order valence-electron chi connectivity index (χ4n) is 2.91. The van der Waals surface area contributed by atoms with Gasteiger partial charge in [0, 0.05) is 42.4 Å². The molecule has 1 unspecified atom stereocenters. The molecule has 25 heavy (non-hydrogen) atoms. The molecule has 3 heterocycles. The summed E-state index contributed by atoms with van der Waals surface area (Å²) in [6.45, 7) is 3.81. The molecule has 0 aromatic carbocycles. The molecule has 1 atom stereocenters. The average molecular weight is 342 g/mol. The standard InChI is InChI=1S/C18H22N4O3/c1-12-15(9-16(23)20-10-13-3-2-8-25-11-13)18(24)22-17(21-12)14-4-6-19-7-5-14/h4-7,13H,2-3,8-11H2,1H3,(H,20,23)(H,21,22,24). The molecule has 0 aliphatic carbocycles. The first-order valence-corrected chi connectivity index (χ1v) is 8.48. The summed E-state index contributed by atoms with van der Waals surface area (Å²) in [5.41, 5.74) is 1.46. The van der Waals surface area contributed by atoms with Gasteiger partial charge in [-0.1, -0.05) is 0 Å². The lowest BCUT2D eigenvalue weighted by Gasteiger charge is -2.22. The van der Waals surface area contributed by atoms with E-state index in [1.165, 1.54) is 0 Å². The van der Waals surface area contributed by atoms with Crippen molar-refractivity contribution in [3.8, 4) is 11.4 Å². The van der Waals surface area contributed by atoms with Crippen molar-refractivity contribution >= 4 is 5.91 Å². The maximum atomic E-state index is 12.4. The highest BCUT2D eigenvalue weighted by Gasteiger charge is 2.17. The number of carbonyl (C=O) groups is 1. The Morgan fingerprint density at radius 2 is 2.20 bits per heavy atom. The monoisotopic (exact) mass is 342 g/mol. The molecule has 0 saturated carbocycles. The van der Waals surface area contributed by atoms with Crippen molar-refractivity contribution in [2.45, 2.75) is 26.2 Å². The van der Waals surface area contributed by atoms with Crippen LogP contribution in [0.15, 0.2) is 29.3 Å². The minimum Gasteiger partial charge on any atom is -0.381 e. The number of hydrogen-bond donors (Lipinski definition) is 2. The van der Waals surface area contributed by atoms with Crippen LogP contribution >= 0.6 is 0 Å². The van der Waals surface area contributed by atoms with E-state index in [2.05, 4.69) is 20.3 Å². The van der Waals surface area contributed by atoms with Gasteiger partial charge in [0.1, 0.15) is 5.82 Å². The number of rotatable bonds is 5. The van der Waals surface area contributed by atoms with Crippen molar-refractivity contribution in [3.05, 3.63) is 46.1 Å². The molecule has 2 aromatic heterocycles. The first-order chi connectivity index (χ1) is 12.1. The number of pyridine rings is 1. The van der Waals surface area contributed by atoms with Gasteiger partial charge in [0.25, 0.3) is 5.56 Å². The van der Waals surface area contributed by atoms with Crippen molar-refractivity contribution < 1.29 is 9.53 Å². The number of aromatic amines is 1. The summed E-state index contributed by atoms with van der Waals surface area (Å²) in [6, 6.07) is 3.55. The number of amides is 1. The van der Waals surface area contributed by atoms with Gasteiger partial charge in [-0.2, -0.15) is 0 Å². The minimum absolute atomic E-state index is 0.0262. The van der Waals surface area contributed by atoms with Crippen LogP contribution in [0.3, 0.4) is 0 Å². The second-order valence-corrected chi connectivity index (χ2v) is 6.28. The third-order valence-electron chi connectivity index (χ3n) is 4.36. The molecular weight excluding hydrogens is 320 g/mol. The van der Waals surface area contributed by atoms with E-state index >= 15 is 0 Å². The third-order valence-corrected chi connectivity index (χ3v) is 4.36. The molecule has 2 N–H and O–H groups in total. The van der Waals surface area contributed by atoms with Crippen LogP contribution in [-0.2, 0) is 16.0 Å². The Hall–Kier alpha value is -2.54. The molecule has 0 radical (unpaired) electrons. The molecule has 3 rings (SSSR count). The summed E-state index contributed by atoms with van der Waals surface area (Å²) in [5, 5.41) is 2.89. The molecule has 2 aromatic rings. The van der Waals surface area contributed by atoms with Crippen molar-refractivity contribution in [1.29, 1.82) is 0 Å². The molecule has 7 nitrogen and oxygen atoms in total. The summed E-state index contributed by atoms with van der Waals surface area (Å²) >= 11 is 0. The maximum Gasteiger partial charge on any atom is 0.255 e. The second kappa shape index (κ2) is 8.02. The summed E-state index contributed by atoms with van der Waals surface area (Å²) in [5.74, 6) is 0.662. The lowest BCUT2D eigenvalue weighted by Crippen LogP contribution is -2.35. The van der Waals surface area contributed by atoms with E-state index in [0.29, 0.717) is 36.2 Å². The van der Waals surface area contributed by atoms with E-state index in [4.69, 9.17) is 4.74 Å². The number of H-pyrrole nitrogens is 1. The smallest absolute Gasteiger partial charge is 0.255 e. The van der Waals surface area contributed by atoms with Crippen LogP contribution in [0.5, 0.6) is 0 Å². The van der Waals surface area contributed by atoms with Gasteiger partial charge in [-0.3, -0.25) is 14.6 Å². The summed E-state index contributed by atoms with van der Waals surface area (Å²) < 4.78 is 5.41. The van der Waals surface area contributed by atoms with Crippen molar-refractivity contribution in [2.75, 3.05) is 19.8 Å². The maximum absolute atomic E-state index is 12.4. The van der Waals surface area contributed by atoms with Gasteiger partial charge >= 0.3 is 0 Å². The van der Waals surface area contributed by atoms with Gasteiger partial charge in [0.15, 0.2) is 0 Å². The zero-order chi connectivity index (χ0) is 17.6. The van der Waals surface area contributed by atoms with Crippen molar-refractivity contribution in [1.82, 2.24) is 20.3 Å². The first kappa shape index (κ1) is 17.3. The van der Waals surface area contributed by atoms with Crippen LogP contribution in [0.4, 0.5) is 0 Å². The summed E-state index contributed by atoms with van der Waals surface area (Å²) in [7, 11) is 0. The number of aryl methyl sites for hydroxylation is 1. The van der Waals surface area contributed by atoms with Gasteiger partial charge < -0.3 is 15.0 Å². The van der Waals surface area contributed by atoms with Crippen molar-refractivity contribution in [3.63, 3.8) is 0 Å². The highest BCUT2D eigenvalue weighted by molar-refractivity contribution is 5.78. The Morgan fingerprint density at radius 1 is 1.40 bits per heavy atom. The molecule has 0 bridgehead atoms. The SMILES string of the molecule is Cc1nc(-c2ccncc2)[nH]c(=O)c1CC(=O)NCC1CCCOC1. The Kier molecular flexibility index (Phi) is 5.55. The minimum atomic E-state index is -0.282. The van der Waals surface area contributed by atoms with Gasteiger partial charge in [0.2, 0.25) is 5.91 Å². The number of nitrogens with one attached hydrogen (secondary N) is 2. The number of nitrogens with zero attached hydrogens (tertiary/aromatic N) is 2. The summed E-state index contributed by atoms with van der Waals surface area (Å²) in [6.07, 6.45) is 5.39. The van der Waals surface area contributed by atoms with E-state index < -0.39 is 0 Å². The predicted molar refractivity (Wildman–Crippen MR) is 93.1 cm³/mol. The Bertz CT molecular complexity index is 783. The topological polar surface area (TPSA) is 97.0 Å². The molecule has 1 amide bonds. The quantitative estimate of drug-likeness (QED) is 0.852. The van der Waals surface area contributed by atoms with E-state index in [9.17, 15) is 9.59 Å². The zero-order valence-electron chi connectivity index (χ0n) is 14.2. The molecule has 1 fully saturated rings. The van der Waals surface area contributed by atoms with Gasteiger partial charge in [-0.05, 0) is 37.8 Å². The van der Waals surface area contributed by atoms with Crippen LogP contribution in [-0.4, -0.2) is 40.6 Å². The molecule has 1 aliphatic rings. The number of hydrogen-bond acceptors (Lipinski definition) is 5. The van der Waals surface area contributed by atoms with E-state index in [-0.39, 0.29) is 17.9 Å². The number of carbonyl (C=O) groups excluding carboxylic acids is 1. The second-order valence-electron chi connectivity index (χ2n) is 6.28. The lowest BCUT2D eigenvalue weighted by molar-refractivity contribution is -0.120.